The summed E-state index contributed by atoms with van der Waals surface area (Å²) in [4.78, 5) is 8.10. The Hall–Kier alpha value is -2.13. The van der Waals surface area contributed by atoms with Crippen LogP contribution in [-0.2, 0) is 6.42 Å². The van der Waals surface area contributed by atoms with Crippen LogP contribution in [-0.4, -0.2) is 16.5 Å². The number of hydrogen-bond acceptors (Lipinski definition) is 2. The normalized spacial score (nSPS) is 12.7. The predicted octanol–water partition coefficient (Wildman–Crippen LogP) is 3.16. The molecule has 0 saturated carbocycles. The van der Waals surface area contributed by atoms with Crippen molar-refractivity contribution in [2.45, 2.75) is 19.3 Å². The van der Waals surface area contributed by atoms with Gasteiger partial charge in [-0.15, -0.1) is 0 Å². The van der Waals surface area contributed by atoms with Crippen molar-refractivity contribution >= 4 is 11.0 Å². The van der Waals surface area contributed by atoms with Crippen LogP contribution in [0.3, 0.4) is 0 Å². The molecule has 0 saturated heterocycles. The molecule has 0 bridgehead atoms. The van der Waals surface area contributed by atoms with Gasteiger partial charge in [0.15, 0.2) is 0 Å². The molecular weight excluding hydrogens is 246 g/mol. The van der Waals surface area contributed by atoms with Gasteiger partial charge in [0.25, 0.3) is 0 Å². The van der Waals surface area contributed by atoms with E-state index in [1.165, 1.54) is 11.1 Å². The average Bonchev–Trinajstić information content (AvgIpc) is 2.88. The zero-order chi connectivity index (χ0) is 13.9. The number of nitrogens with two attached hydrogens (primary N) is 1. The molecular formula is C17H19N3. The maximum atomic E-state index is 5.94. The fourth-order valence-corrected chi connectivity index (χ4v) is 2.53. The van der Waals surface area contributed by atoms with E-state index in [1.807, 2.05) is 6.07 Å². The predicted molar refractivity (Wildman–Crippen MR) is 82.8 cm³/mol. The number of aromatic amines is 1. The molecule has 0 amide bonds. The molecule has 1 heterocycles. The summed E-state index contributed by atoms with van der Waals surface area (Å²) < 4.78 is 0. The SMILES string of the molecule is Cc1ccc2nc(C(CN)Cc3ccccc3)[nH]c2c1. The van der Waals surface area contributed by atoms with Gasteiger partial charge < -0.3 is 10.7 Å². The fraction of sp³-hybridized carbons (Fsp3) is 0.235. The summed E-state index contributed by atoms with van der Waals surface area (Å²) in [5, 5.41) is 0. The van der Waals surface area contributed by atoms with Crippen LogP contribution in [0.1, 0.15) is 22.9 Å². The van der Waals surface area contributed by atoms with Crippen LogP contribution >= 0.6 is 0 Å². The number of rotatable bonds is 4. The number of hydrogen-bond donors (Lipinski definition) is 2. The lowest BCUT2D eigenvalue weighted by Gasteiger charge is -2.11. The zero-order valence-electron chi connectivity index (χ0n) is 11.6. The highest BCUT2D eigenvalue weighted by Crippen LogP contribution is 2.21. The van der Waals surface area contributed by atoms with E-state index in [0.29, 0.717) is 6.54 Å². The summed E-state index contributed by atoms with van der Waals surface area (Å²) in [7, 11) is 0. The Labute approximate surface area is 118 Å². The highest BCUT2D eigenvalue weighted by Gasteiger charge is 2.15. The maximum absolute atomic E-state index is 5.94. The monoisotopic (exact) mass is 265 g/mol. The molecule has 0 spiro atoms. The highest BCUT2D eigenvalue weighted by atomic mass is 14.9. The Morgan fingerprint density at radius 2 is 1.95 bits per heavy atom. The van der Waals surface area contributed by atoms with Gasteiger partial charge in [0.1, 0.15) is 5.82 Å². The number of H-pyrrole nitrogens is 1. The van der Waals surface area contributed by atoms with Crippen molar-refractivity contribution in [3.63, 3.8) is 0 Å². The molecule has 2 aromatic carbocycles. The Morgan fingerprint density at radius 3 is 2.70 bits per heavy atom. The maximum Gasteiger partial charge on any atom is 0.111 e. The molecule has 3 N–H and O–H groups in total. The first kappa shape index (κ1) is 12.9. The van der Waals surface area contributed by atoms with E-state index in [9.17, 15) is 0 Å². The minimum absolute atomic E-state index is 0.227. The van der Waals surface area contributed by atoms with Gasteiger partial charge in [-0.25, -0.2) is 4.98 Å². The summed E-state index contributed by atoms with van der Waals surface area (Å²) in [5.41, 5.74) is 10.6. The zero-order valence-corrected chi connectivity index (χ0v) is 11.6. The van der Waals surface area contributed by atoms with Gasteiger partial charge in [-0.05, 0) is 36.6 Å². The Balaban J connectivity index is 1.91. The summed E-state index contributed by atoms with van der Waals surface area (Å²) >= 11 is 0. The van der Waals surface area contributed by atoms with Crippen molar-refractivity contribution in [2.75, 3.05) is 6.54 Å². The molecule has 0 aliphatic rings. The summed E-state index contributed by atoms with van der Waals surface area (Å²) in [6.07, 6.45) is 0.913. The molecule has 1 unspecified atom stereocenters. The minimum atomic E-state index is 0.227. The van der Waals surface area contributed by atoms with E-state index in [4.69, 9.17) is 5.73 Å². The second-order valence-electron chi connectivity index (χ2n) is 5.26. The van der Waals surface area contributed by atoms with E-state index >= 15 is 0 Å². The van der Waals surface area contributed by atoms with E-state index in [0.717, 1.165) is 23.3 Å². The van der Waals surface area contributed by atoms with Gasteiger partial charge in [0.2, 0.25) is 0 Å². The third-order valence-corrected chi connectivity index (χ3v) is 3.65. The standard InChI is InChI=1S/C17H19N3/c1-12-7-8-15-16(9-12)20-17(19-15)14(11-18)10-13-5-3-2-4-6-13/h2-9,14H,10-11,18H2,1H3,(H,19,20). The molecule has 0 fully saturated rings. The van der Waals surface area contributed by atoms with Crippen molar-refractivity contribution in [1.82, 2.24) is 9.97 Å². The van der Waals surface area contributed by atoms with Gasteiger partial charge in [0, 0.05) is 12.5 Å². The fourth-order valence-electron chi connectivity index (χ4n) is 2.53. The Morgan fingerprint density at radius 1 is 1.15 bits per heavy atom. The largest absolute Gasteiger partial charge is 0.342 e. The second-order valence-corrected chi connectivity index (χ2v) is 5.26. The molecule has 1 atom stereocenters. The van der Waals surface area contributed by atoms with Crippen LogP contribution in [0.25, 0.3) is 11.0 Å². The molecule has 3 heteroatoms. The van der Waals surface area contributed by atoms with Gasteiger partial charge in [0.05, 0.1) is 11.0 Å². The van der Waals surface area contributed by atoms with E-state index in [-0.39, 0.29) is 5.92 Å². The second kappa shape index (κ2) is 5.47. The molecule has 20 heavy (non-hydrogen) atoms. The van der Waals surface area contributed by atoms with Gasteiger partial charge in [-0.1, -0.05) is 36.4 Å². The van der Waals surface area contributed by atoms with Crippen molar-refractivity contribution in [2.24, 2.45) is 5.73 Å². The first-order valence-corrected chi connectivity index (χ1v) is 6.96. The Bertz CT molecular complexity index is 701. The molecule has 0 radical (unpaired) electrons. The van der Waals surface area contributed by atoms with Gasteiger partial charge in [-0.3, -0.25) is 0 Å². The quantitative estimate of drug-likeness (QED) is 0.761. The topological polar surface area (TPSA) is 54.7 Å². The third kappa shape index (κ3) is 2.58. The number of aryl methyl sites for hydroxylation is 1. The highest BCUT2D eigenvalue weighted by molar-refractivity contribution is 5.75. The first-order chi connectivity index (χ1) is 9.76. The lowest BCUT2D eigenvalue weighted by Crippen LogP contribution is -2.16. The van der Waals surface area contributed by atoms with Crippen molar-refractivity contribution in [3.8, 4) is 0 Å². The molecule has 3 nitrogen and oxygen atoms in total. The summed E-state index contributed by atoms with van der Waals surface area (Å²) in [6.45, 7) is 2.68. The van der Waals surface area contributed by atoms with E-state index < -0.39 is 0 Å². The molecule has 3 rings (SSSR count). The number of aromatic nitrogens is 2. The van der Waals surface area contributed by atoms with Crippen molar-refractivity contribution < 1.29 is 0 Å². The third-order valence-electron chi connectivity index (χ3n) is 3.65. The van der Waals surface area contributed by atoms with Crippen molar-refractivity contribution in [3.05, 3.63) is 65.5 Å². The minimum Gasteiger partial charge on any atom is -0.342 e. The van der Waals surface area contributed by atoms with Crippen LogP contribution in [0.4, 0.5) is 0 Å². The molecule has 0 aliphatic heterocycles. The number of benzene rings is 2. The molecule has 1 aromatic heterocycles. The molecule has 3 aromatic rings. The number of fused-ring (bicyclic) bond motifs is 1. The van der Waals surface area contributed by atoms with Gasteiger partial charge >= 0.3 is 0 Å². The smallest absolute Gasteiger partial charge is 0.111 e. The molecule has 102 valence electrons. The Kier molecular flexibility index (Phi) is 3.52. The first-order valence-electron chi connectivity index (χ1n) is 6.96. The van der Waals surface area contributed by atoms with Crippen LogP contribution in [0.5, 0.6) is 0 Å². The van der Waals surface area contributed by atoms with E-state index in [2.05, 4.69) is 59.4 Å². The van der Waals surface area contributed by atoms with E-state index in [1.54, 1.807) is 0 Å². The van der Waals surface area contributed by atoms with Crippen LogP contribution in [0.15, 0.2) is 48.5 Å². The number of nitrogens with one attached hydrogen (secondary N) is 1. The lowest BCUT2D eigenvalue weighted by molar-refractivity contribution is 0.658. The lowest BCUT2D eigenvalue weighted by atomic mass is 9.99. The molecule has 0 aliphatic carbocycles. The van der Waals surface area contributed by atoms with Gasteiger partial charge in [-0.2, -0.15) is 0 Å². The van der Waals surface area contributed by atoms with Crippen LogP contribution in [0, 0.1) is 6.92 Å². The summed E-state index contributed by atoms with van der Waals surface area (Å²) in [6, 6.07) is 16.7. The summed E-state index contributed by atoms with van der Waals surface area (Å²) in [5.74, 6) is 1.21. The van der Waals surface area contributed by atoms with Crippen molar-refractivity contribution in [1.29, 1.82) is 0 Å². The average molecular weight is 265 g/mol. The van der Waals surface area contributed by atoms with Crippen LogP contribution < -0.4 is 5.73 Å². The number of imidazole rings is 1. The number of nitrogens with zero attached hydrogens (tertiary/aromatic N) is 1. The van der Waals surface area contributed by atoms with Crippen LogP contribution in [0.2, 0.25) is 0 Å².